The van der Waals surface area contributed by atoms with Gasteiger partial charge in [0.05, 0.1) is 11.2 Å². The summed E-state index contributed by atoms with van der Waals surface area (Å²) in [5.74, 6) is -0.833. The molecule has 1 amide bonds. The molecule has 3 aromatic carbocycles. The van der Waals surface area contributed by atoms with Crippen molar-refractivity contribution in [3.8, 4) is 5.69 Å². The second kappa shape index (κ2) is 8.41. The van der Waals surface area contributed by atoms with E-state index < -0.39 is 15.8 Å². The Morgan fingerprint density at radius 1 is 0.871 bits per heavy atom. The summed E-state index contributed by atoms with van der Waals surface area (Å²) in [6.45, 7) is 0. The lowest BCUT2D eigenvalue weighted by molar-refractivity contribution is 0.102. The molecule has 0 unspecified atom stereocenters. The molecule has 156 valence electrons. The van der Waals surface area contributed by atoms with Crippen LogP contribution in [-0.2, 0) is 10.0 Å². The average Bonchev–Trinajstić information content (AvgIpc) is 3.31. The lowest BCUT2D eigenvalue weighted by Crippen LogP contribution is -2.15. The van der Waals surface area contributed by atoms with E-state index in [9.17, 15) is 17.6 Å². The van der Waals surface area contributed by atoms with Crippen LogP contribution in [0.3, 0.4) is 0 Å². The quantitative estimate of drug-likeness (QED) is 0.477. The Morgan fingerprint density at radius 3 is 2.13 bits per heavy atom. The molecule has 31 heavy (non-hydrogen) atoms. The molecular formula is C22H17FN4O3S. The molecule has 0 saturated heterocycles. The highest BCUT2D eigenvalue weighted by molar-refractivity contribution is 7.92. The van der Waals surface area contributed by atoms with Gasteiger partial charge < -0.3 is 9.88 Å². The summed E-state index contributed by atoms with van der Waals surface area (Å²) in [5.41, 5.74) is 2.05. The highest BCUT2D eigenvalue weighted by Crippen LogP contribution is 2.18. The van der Waals surface area contributed by atoms with Gasteiger partial charge in [0.1, 0.15) is 5.82 Å². The maximum atomic E-state index is 13.0. The lowest BCUT2D eigenvalue weighted by Gasteiger charge is -2.10. The van der Waals surface area contributed by atoms with E-state index in [-0.39, 0.29) is 16.5 Å². The Kier molecular flexibility index (Phi) is 5.50. The number of rotatable bonds is 6. The van der Waals surface area contributed by atoms with Crippen molar-refractivity contribution >= 4 is 27.3 Å². The molecule has 9 heteroatoms. The summed E-state index contributed by atoms with van der Waals surface area (Å²) in [5, 5.41) is 2.77. The van der Waals surface area contributed by atoms with Crippen LogP contribution in [0.1, 0.15) is 10.4 Å². The van der Waals surface area contributed by atoms with Gasteiger partial charge in [0.2, 0.25) is 0 Å². The molecule has 0 bridgehead atoms. The van der Waals surface area contributed by atoms with Crippen LogP contribution in [-0.4, -0.2) is 23.9 Å². The number of hydrogen-bond donors (Lipinski definition) is 2. The number of carbonyl (C=O) groups excluding carboxylic acids is 1. The number of carbonyl (C=O) groups is 1. The van der Waals surface area contributed by atoms with E-state index in [0.717, 1.165) is 17.8 Å². The van der Waals surface area contributed by atoms with Crippen molar-refractivity contribution in [3.05, 3.63) is 103 Å². The van der Waals surface area contributed by atoms with Crippen LogP contribution in [0.5, 0.6) is 0 Å². The lowest BCUT2D eigenvalue weighted by atomic mass is 10.2. The van der Waals surface area contributed by atoms with Crippen molar-refractivity contribution in [2.45, 2.75) is 4.90 Å². The minimum atomic E-state index is -3.87. The summed E-state index contributed by atoms with van der Waals surface area (Å²) >= 11 is 0. The molecule has 0 aliphatic heterocycles. The number of amides is 1. The Balaban J connectivity index is 1.43. The van der Waals surface area contributed by atoms with Crippen molar-refractivity contribution in [3.63, 3.8) is 0 Å². The minimum absolute atomic E-state index is 0.0157. The number of hydrogen-bond acceptors (Lipinski definition) is 4. The van der Waals surface area contributed by atoms with Crippen LogP contribution in [0.15, 0.2) is 96.4 Å². The third-order valence-corrected chi connectivity index (χ3v) is 5.85. The summed E-state index contributed by atoms with van der Waals surface area (Å²) in [4.78, 5) is 16.5. The van der Waals surface area contributed by atoms with Crippen LogP contribution in [0.4, 0.5) is 15.8 Å². The number of imidazole rings is 1. The molecule has 7 nitrogen and oxygen atoms in total. The molecular weight excluding hydrogens is 419 g/mol. The molecule has 4 aromatic rings. The number of aromatic nitrogens is 2. The first-order valence-corrected chi connectivity index (χ1v) is 10.7. The molecule has 1 aromatic heterocycles. The fourth-order valence-electron chi connectivity index (χ4n) is 2.85. The van der Waals surface area contributed by atoms with Gasteiger partial charge >= 0.3 is 0 Å². The van der Waals surface area contributed by atoms with E-state index in [1.54, 1.807) is 24.7 Å². The van der Waals surface area contributed by atoms with Crippen LogP contribution in [0.25, 0.3) is 5.69 Å². The van der Waals surface area contributed by atoms with Gasteiger partial charge in [0.15, 0.2) is 0 Å². The number of anilines is 2. The smallest absolute Gasteiger partial charge is 0.261 e. The minimum Gasteiger partial charge on any atom is -0.322 e. The largest absolute Gasteiger partial charge is 0.322 e. The molecule has 0 aliphatic rings. The molecule has 0 fully saturated rings. The van der Waals surface area contributed by atoms with Crippen molar-refractivity contribution in [1.29, 1.82) is 0 Å². The van der Waals surface area contributed by atoms with Gasteiger partial charge in [-0.3, -0.25) is 9.52 Å². The maximum Gasteiger partial charge on any atom is 0.261 e. The highest BCUT2D eigenvalue weighted by Gasteiger charge is 2.15. The molecule has 4 rings (SSSR count). The van der Waals surface area contributed by atoms with E-state index in [1.165, 1.54) is 36.4 Å². The third kappa shape index (κ3) is 4.78. The number of halogens is 1. The third-order valence-electron chi connectivity index (χ3n) is 4.45. The summed E-state index contributed by atoms with van der Waals surface area (Å²) in [7, 11) is -3.87. The number of nitrogens with zero attached hydrogens (tertiary/aromatic N) is 2. The average molecular weight is 436 g/mol. The normalized spacial score (nSPS) is 11.1. The standard InChI is InChI=1S/C22H17FN4O3S/c23-17-3-5-19(6-4-17)26-31(29,30)21-11-1-16(2-12-21)22(28)25-18-7-9-20(10-8-18)27-14-13-24-15-27/h1-15,26H,(H,25,28). The van der Waals surface area contributed by atoms with Crippen LogP contribution in [0, 0.1) is 5.82 Å². The monoisotopic (exact) mass is 436 g/mol. The van der Waals surface area contributed by atoms with E-state index in [4.69, 9.17) is 0 Å². The summed E-state index contributed by atoms with van der Waals surface area (Å²) in [6.07, 6.45) is 5.16. The molecule has 0 atom stereocenters. The zero-order chi connectivity index (χ0) is 21.8. The van der Waals surface area contributed by atoms with Gasteiger partial charge in [-0.2, -0.15) is 0 Å². The van der Waals surface area contributed by atoms with Gasteiger partial charge in [0, 0.05) is 35.0 Å². The summed E-state index contributed by atoms with van der Waals surface area (Å²) in [6, 6.07) is 17.7. The number of sulfonamides is 1. The number of nitrogens with one attached hydrogen (secondary N) is 2. The molecule has 1 heterocycles. The van der Waals surface area contributed by atoms with Gasteiger partial charge in [0.25, 0.3) is 15.9 Å². The summed E-state index contributed by atoms with van der Waals surface area (Å²) < 4.78 is 42.1. The Morgan fingerprint density at radius 2 is 1.52 bits per heavy atom. The molecule has 0 aliphatic carbocycles. The Labute approximate surface area is 178 Å². The fourth-order valence-corrected chi connectivity index (χ4v) is 3.91. The van der Waals surface area contributed by atoms with E-state index in [0.29, 0.717) is 11.3 Å². The second-order valence-corrected chi connectivity index (χ2v) is 8.29. The van der Waals surface area contributed by atoms with Gasteiger partial charge in [-0.05, 0) is 72.8 Å². The first-order chi connectivity index (χ1) is 14.9. The zero-order valence-electron chi connectivity index (χ0n) is 16.1. The van der Waals surface area contributed by atoms with Crippen molar-refractivity contribution in [2.24, 2.45) is 0 Å². The first-order valence-electron chi connectivity index (χ1n) is 9.19. The van der Waals surface area contributed by atoms with Crippen molar-refractivity contribution in [1.82, 2.24) is 9.55 Å². The predicted octanol–water partition coefficient (Wildman–Crippen LogP) is 4.06. The van der Waals surface area contributed by atoms with Crippen LogP contribution in [0.2, 0.25) is 0 Å². The maximum absolute atomic E-state index is 13.0. The molecule has 2 N–H and O–H groups in total. The predicted molar refractivity (Wildman–Crippen MR) is 115 cm³/mol. The highest BCUT2D eigenvalue weighted by atomic mass is 32.2. The van der Waals surface area contributed by atoms with E-state index in [1.807, 2.05) is 22.9 Å². The van der Waals surface area contributed by atoms with E-state index in [2.05, 4.69) is 15.0 Å². The van der Waals surface area contributed by atoms with Gasteiger partial charge in [-0.1, -0.05) is 0 Å². The van der Waals surface area contributed by atoms with Crippen LogP contribution < -0.4 is 10.0 Å². The van der Waals surface area contributed by atoms with Crippen molar-refractivity contribution < 1.29 is 17.6 Å². The molecule has 0 spiro atoms. The Bertz CT molecular complexity index is 1290. The van der Waals surface area contributed by atoms with Crippen molar-refractivity contribution in [2.75, 3.05) is 10.0 Å². The second-order valence-electron chi connectivity index (χ2n) is 6.61. The van der Waals surface area contributed by atoms with E-state index >= 15 is 0 Å². The topological polar surface area (TPSA) is 93.1 Å². The SMILES string of the molecule is O=C(Nc1ccc(-n2ccnc2)cc1)c1ccc(S(=O)(=O)Nc2ccc(F)cc2)cc1. The fraction of sp³-hybridized carbons (Fsp3) is 0. The first kappa shape index (κ1) is 20.3. The number of benzene rings is 3. The zero-order valence-corrected chi connectivity index (χ0v) is 16.9. The van der Waals surface area contributed by atoms with Crippen LogP contribution >= 0.6 is 0 Å². The van der Waals surface area contributed by atoms with Gasteiger partial charge in [-0.15, -0.1) is 0 Å². The van der Waals surface area contributed by atoms with Gasteiger partial charge in [-0.25, -0.2) is 17.8 Å². The molecule has 0 radical (unpaired) electrons. The Hall–Kier alpha value is -3.98. The molecule has 0 saturated carbocycles.